The summed E-state index contributed by atoms with van der Waals surface area (Å²) in [7, 11) is 0. The number of halogens is 2. The summed E-state index contributed by atoms with van der Waals surface area (Å²) in [4.78, 5) is 0. The van der Waals surface area contributed by atoms with Gasteiger partial charge in [-0.2, -0.15) is 0 Å². The monoisotopic (exact) mass is 366 g/mol. The van der Waals surface area contributed by atoms with Crippen LogP contribution >= 0.6 is 27.5 Å². The molecule has 1 aliphatic heterocycles. The maximum atomic E-state index is 5.92. The molecule has 110 valence electrons. The summed E-state index contributed by atoms with van der Waals surface area (Å²) in [6.07, 6.45) is 0.942. The first-order chi connectivity index (χ1) is 10.2. The molecule has 1 aliphatic rings. The third-order valence-electron chi connectivity index (χ3n) is 3.64. The van der Waals surface area contributed by atoms with Gasteiger partial charge in [-0.25, -0.2) is 0 Å². The first-order valence-corrected chi connectivity index (χ1v) is 8.44. The van der Waals surface area contributed by atoms with Crippen molar-refractivity contribution in [1.82, 2.24) is 0 Å². The highest BCUT2D eigenvalue weighted by atomic mass is 79.9. The fraction of sp³-hybridized carbons (Fsp3) is 0.294. The van der Waals surface area contributed by atoms with Gasteiger partial charge in [0.05, 0.1) is 18.5 Å². The smallest absolute Gasteiger partial charge is 0.204 e. The lowest BCUT2D eigenvalue weighted by atomic mass is 10.0. The van der Waals surface area contributed by atoms with Crippen molar-refractivity contribution in [3.63, 3.8) is 0 Å². The van der Waals surface area contributed by atoms with Gasteiger partial charge in [-0.3, -0.25) is 0 Å². The van der Waals surface area contributed by atoms with Gasteiger partial charge in [-0.05, 0) is 29.7 Å². The second kappa shape index (κ2) is 6.49. The number of benzene rings is 2. The Hall–Kier alpha value is -0.870. The van der Waals surface area contributed by atoms with E-state index in [1.807, 2.05) is 24.3 Å². The fourth-order valence-electron chi connectivity index (χ4n) is 2.45. The van der Waals surface area contributed by atoms with E-state index in [0.717, 1.165) is 41.3 Å². The average Bonchev–Trinajstić information content (AvgIpc) is 2.56. The van der Waals surface area contributed by atoms with E-state index < -0.39 is 5.79 Å². The minimum atomic E-state index is -0.656. The largest absolute Gasteiger partial charge is 0.345 e. The molecule has 0 radical (unpaired) electrons. The molecular weight excluding hydrogens is 352 g/mol. The SMILES string of the molecule is Clc1ccc(-c2ccc(C3(CBr)OCCCO3)cc2)cc1. The van der Waals surface area contributed by atoms with Crippen LogP contribution in [0.2, 0.25) is 5.02 Å². The first-order valence-electron chi connectivity index (χ1n) is 6.94. The molecule has 0 unspecified atom stereocenters. The lowest BCUT2D eigenvalue weighted by Crippen LogP contribution is -2.39. The molecule has 0 amide bonds. The second-order valence-electron chi connectivity index (χ2n) is 5.02. The third-order valence-corrected chi connectivity index (χ3v) is 4.63. The molecule has 0 atom stereocenters. The van der Waals surface area contributed by atoms with E-state index in [1.165, 1.54) is 0 Å². The molecule has 0 bridgehead atoms. The molecule has 1 heterocycles. The highest BCUT2D eigenvalue weighted by Gasteiger charge is 2.35. The predicted octanol–water partition coefficient (Wildman–Crippen LogP) is 4.99. The fourth-order valence-corrected chi connectivity index (χ4v) is 3.23. The van der Waals surface area contributed by atoms with Gasteiger partial charge in [0.1, 0.15) is 0 Å². The number of hydrogen-bond acceptors (Lipinski definition) is 2. The highest BCUT2D eigenvalue weighted by Crippen LogP contribution is 2.34. The first kappa shape index (κ1) is 15.0. The Kier molecular flexibility index (Phi) is 4.65. The van der Waals surface area contributed by atoms with E-state index in [1.54, 1.807) is 0 Å². The number of rotatable bonds is 3. The van der Waals surface area contributed by atoms with Crippen LogP contribution in [0.15, 0.2) is 48.5 Å². The summed E-state index contributed by atoms with van der Waals surface area (Å²) >= 11 is 9.44. The van der Waals surface area contributed by atoms with Crippen molar-refractivity contribution in [3.05, 3.63) is 59.1 Å². The molecule has 4 heteroatoms. The second-order valence-corrected chi connectivity index (χ2v) is 6.02. The van der Waals surface area contributed by atoms with Gasteiger partial charge in [-0.1, -0.05) is 63.9 Å². The normalized spacial score (nSPS) is 17.6. The number of hydrogen-bond donors (Lipinski definition) is 0. The zero-order valence-corrected chi connectivity index (χ0v) is 13.9. The van der Waals surface area contributed by atoms with E-state index in [0.29, 0.717) is 5.33 Å². The van der Waals surface area contributed by atoms with Crippen molar-refractivity contribution in [2.24, 2.45) is 0 Å². The summed E-state index contributed by atoms with van der Waals surface area (Å²) in [5, 5.41) is 1.37. The van der Waals surface area contributed by atoms with Gasteiger partial charge < -0.3 is 9.47 Å². The van der Waals surface area contributed by atoms with Crippen molar-refractivity contribution >= 4 is 27.5 Å². The summed E-state index contributed by atoms with van der Waals surface area (Å²) in [6, 6.07) is 16.1. The zero-order valence-electron chi connectivity index (χ0n) is 11.5. The molecule has 1 fully saturated rings. The minimum absolute atomic E-state index is 0.625. The van der Waals surface area contributed by atoms with Crippen molar-refractivity contribution in [1.29, 1.82) is 0 Å². The van der Waals surface area contributed by atoms with Crippen LogP contribution in [-0.4, -0.2) is 18.5 Å². The van der Waals surface area contributed by atoms with E-state index >= 15 is 0 Å². The zero-order chi connectivity index (χ0) is 14.7. The quantitative estimate of drug-likeness (QED) is 0.711. The van der Waals surface area contributed by atoms with E-state index in [9.17, 15) is 0 Å². The molecule has 21 heavy (non-hydrogen) atoms. The Morgan fingerprint density at radius 1 is 0.905 bits per heavy atom. The average molecular weight is 368 g/mol. The van der Waals surface area contributed by atoms with Crippen molar-refractivity contribution in [2.75, 3.05) is 18.5 Å². The van der Waals surface area contributed by atoms with Crippen molar-refractivity contribution in [2.45, 2.75) is 12.2 Å². The Bertz CT molecular complexity index is 589. The van der Waals surface area contributed by atoms with Gasteiger partial charge in [-0.15, -0.1) is 0 Å². The Morgan fingerprint density at radius 3 is 1.95 bits per heavy atom. The molecule has 2 aromatic rings. The summed E-state index contributed by atoms with van der Waals surface area (Å²) in [5.74, 6) is -0.656. The predicted molar refractivity (Wildman–Crippen MR) is 88.9 cm³/mol. The number of ether oxygens (including phenoxy) is 2. The topological polar surface area (TPSA) is 18.5 Å². The molecule has 0 spiro atoms. The molecular formula is C17H16BrClO2. The molecule has 3 rings (SSSR count). The van der Waals surface area contributed by atoms with Gasteiger partial charge in [0.25, 0.3) is 0 Å². The summed E-state index contributed by atoms with van der Waals surface area (Å²) < 4.78 is 11.8. The van der Waals surface area contributed by atoms with Gasteiger partial charge >= 0.3 is 0 Å². The van der Waals surface area contributed by atoms with Crippen molar-refractivity contribution < 1.29 is 9.47 Å². The van der Waals surface area contributed by atoms with E-state index in [-0.39, 0.29) is 0 Å². The van der Waals surface area contributed by atoms with Crippen LogP contribution in [0.1, 0.15) is 12.0 Å². The molecule has 2 aromatic carbocycles. The Morgan fingerprint density at radius 2 is 1.43 bits per heavy atom. The number of alkyl halides is 1. The Balaban J connectivity index is 1.88. The van der Waals surface area contributed by atoms with E-state index in [4.69, 9.17) is 21.1 Å². The molecule has 1 saturated heterocycles. The minimum Gasteiger partial charge on any atom is -0.345 e. The van der Waals surface area contributed by atoms with Gasteiger partial charge in [0.2, 0.25) is 5.79 Å². The maximum absolute atomic E-state index is 5.92. The van der Waals surface area contributed by atoms with Crippen LogP contribution in [0.4, 0.5) is 0 Å². The molecule has 0 saturated carbocycles. The third kappa shape index (κ3) is 3.16. The lowest BCUT2D eigenvalue weighted by molar-refractivity contribution is -0.260. The molecule has 0 aliphatic carbocycles. The summed E-state index contributed by atoms with van der Waals surface area (Å²) in [5.41, 5.74) is 3.33. The lowest BCUT2D eigenvalue weighted by Gasteiger charge is -2.36. The van der Waals surface area contributed by atoms with E-state index in [2.05, 4.69) is 40.2 Å². The highest BCUT2D eigenvalue weighted by molar-refractivity contribution is 9.09. The van der Waals surface area contributed by atoms with Crippen LogP contribution in [0, 0.1) is 0 Å². The molecule has 0 N–H and O–H groups in total. The van der Waals surface area contributed by atoms with Crippen LogP contribution in [0.5, 0.6) is 0 Å². The van der Waals surface area contributed by atoms with Gasteiger partial charge in [0, 0.05) is 10.6 Å². The van der Waals surface area contributed by atoms with Gasteiger partial charge in [0.15, 0.2) is 0 Å². The van der Waals surface area contributed by atoms with Crippen LogP contribution < -0.4 is 0 Å². The molecule has 2 nitrogen and oxygen atoms in total. The standard InChI is InChI=1S/C17H16BrClO2/c18-12-17(20-10-1-11-21-17)15-6-2-13(3-7-15)14-4-8-16(19)9-5-14/h2-9H,1,10-12H2. The molecule has 0 aromatic heterocycles. The van der Waals surface area contributed by atoms with Crippen LogP contribution in [0.3, 0.4) is 0 Å². The summed E-state index contributed by atoms with van der Waals surface area (Å²) in [6.45, 7) is 1.45. The maximum Gasteiger partial charge on any atom is 0.204 e. The van der Waals surface area contributed by atoms with Crippen LogP contribution in [-0.2, 0) is 15.3 Å². The van der Waals surface area contributed by atoms with Crippen molar-refractivity contribution in [3.8, 4) is 11.1 Å². The Labute approximate surface area is 138 Å². The van der Waals surface area contributed by atoms with Crippen LogP contribution in [0.25, 0.3) is 11.1 Å².